The summed E-state index contributed by atoms with van der Waals surface area (Å²) >= 11 is 5.27. The van der Waals surface area contributed by atoms with E-state index in [9.17, 15) is 0 Å². The van der Waals surface area contributed by atoms with Crippen LogP contribution < -0.4 is 19.1 Å². The van der Waals surface area contributed by atoms with Gasteiger partial charge in [-0.1, -0.05) is 18.2 Å². The molecule has 0 N–H and O–H groups in total. The number of hydrogen-bond donors (Lipinski definition) is 0. The Balaban J connectivity index is 1.31. The summed E-state index contributed by atoms with van der Waals surface area (Å²) in [6, 6.07) is 21.3. The van der Waals surface area contributed by atoms with E-state index in [1.165, 1.54) is 15.3 Å². The summed E-state index contributed by atoms with van der Waals surface area (Å²) in [6.45, 7) is 0. The molecular formula is C30H17NO3S3. The van der Waals surface area contributed by atoms with Gasteiger partial charge in [-0.3, -0.25) is 4.90 Å². The van der Waals surface area contributed by atoms with Crippen molar-refractivity contribution in [1.29, 1.82) is 0 Å². The van der Waals surface area contributed by atoms with Crippen molar-refractivity contribution < 1.29 is 14.2 Å². The van der Waals surface area contributed by atoms with Gasteiger partial charge >= 0.3 is 0 Å². The normalized spacial score (nSPS) is 17.2. The summed E-state index contributed by atoms with van der Waals surface area (Å²) in [4.78, 5) is 4.65. The van der Waals surface area contributed by atoms with Crippen LogP contribution in [0.1, 0.15) is 17.2 Å². The Bertz CT molecular complexity index is 1650. The average molecular weight is 536 g/mol. The first kappa shape index (κ1) is 20.4. The number of hydrogen-bond acceptors (Lipinski definition) is 7. The maximum Gasteiger partial charge on any atom is 0.156 e. The number of benzene rings is 3. The van der Waals surface area contributed by atoms with E-state index in [4.69, 9.17) is 14.2 Å². The van der Waals surface area contributed by atoms with Gasteiger partial charge in [-0.2, -0.15) is 0 Å². The molecule has 1 unspecified atom stereocenters. The Hall–Kier alpha value is -3.65. The van der Waals surface area contributed by atoms with Crippen LogP contribution in [0.15, 0.2) is 82.9 Å². The zero-order valence-electron chi connectivity index (χ0n) is 19.3. The first-order valence-electron chi connectivity index (χ1n) is 12.1. The number of ether oxygens (including phenoxy) is 3. The Kier molecular flexibility index (Phi) is 4.11. The maximum atomic E-state index is 6.65. The van der Waals surface area contributed by atoms with Gasteiger partial charge in [0.05, 0.1) is 0 Å². The van der Waals surface area contributed by atoms with Crippen molar-refractivity contribution in [3.8, 4) is 55.4 Å². The van der Waals surface area contributed by atoms with Crippen molar-refractivity contribution in [3.05, 3.63) is 88.5 Å². The molecule has 3 aromatic carbocycles. The lowest BCUT2D eigenvalue weighted by Crippen LogP contribution is -2.24. The van der Waals surface area contributed by atoms with Crippen LogP contribution in [-0.2, 0) is 0 Å². The highest BCUT2D eigenvalue weighted by molar-refractivity contribution is 8.02. The number of thiophene rings is 2. The standard InChI is InChI=1S/C30H17NO3S3/c1-4-25(35-7-1)16-10-19-28-20(11-16)33-22-13-18(27-6-3-9-37-27)15-24-30(22)31(28)29-21(32-19)12-17(14-23(29)34-24)26-5-2-8-36-26/h1-5,7-15,27H,6H2. The lowest BCUT2D eigenvalue weighted by atomic mass is 9.99. The fourth-order valence-corrected chi connectivity index (χ4v) is 7.90. The minimum Gasteiger partial charge on any atom is -0.453 e. The molecule has 0 bridgehead atoms. The smallest absolute Gasteiger partial charge is 0.156 e. The third-order valence-electron chi connectivity index (χ3n) is 7.15. The molecule has 4 aliphatic heterocycles. The van der Waals surface area contributed by atoms with Gasteiger partial charge in [0.15, 0.2) is 34.5 Å². The van der Waals surface area contributed by atoms with Gasteiger partial charge < -0.3 is 14.2 Å². The predicted molar refractivity (Wildman–Crippen MR) is 152 cm³/mol. The summed E-state index contributed by atoms with van der Waals surface area (Å²) in [7, 11) is 0. The summed E-state index contributed by atoms with van der Waals surface area (Å²) in [5.41, 5.74) is 6.20. The van der Waals surface area contributed by atoms with Gasteiger partial charge in [-0.05, 0) is 87.8 Å². The second-order valence-corrected chi connectivity index (χ2v) is 12.3. The van der Waals surface area contributed by atoms with Crippen LogP contribution in [0.5, 0.6) is 34.5 Å². The number of thioether (sulfide) groups is 1. The van der Waals surface area contributed by atoms with Gasteiger partial charge in [0.25, 0.3) is 0 Å². The zero-order chi connectivity index (χ0) is 24.1. The van der Waals surface area contributed by atoms with Gasteiger partial charge in [0, 0.05) is 15.0 Å². The monoisotopic (exact) mass is 535 g/mol. The van der Waals surface area contributed by atoms with E-state index < -0.39 is 0 Å². The molecule has 5 aromatic rings. The van der Waals surface area contributed by atoms with Crippen LogP contribution in [0.25, 0.3) is 20.9 Å². The molecule has 0 saturated carbocycles. The van der Waals surface area contributed by atoms with E-state index in [2.05, 4.69) is 87.8 Å². The maximum absolute atomic E-state index is 6.65. The highest BCUT2D eigenvalue weighted by Gasteiger charge is 2.42. The van der Waals surface area contributed by atoms with E-state index >= 15 is 0 Å². The molecular weight excluding hydrogens is 519 g/mol. The van der Waals surface area contributed by atoms with Crippen molar-refractivity contribution in [2.45, 2.75) is 11.7 Å². The molecule has 4 nitrogen and oxygen atoms in total. The lowest BCUT2D eigenvalue weighted by molar-refractivity contribution is 0.418. The molecule has 0 amide bonds. The van der Waals surface area contributed by atoms with E-state index in [0.717, 1.165) is 69.1 Å². The molecule has 9 rings (SSSR count). The second-order valence-electron chi connectivity index (χ2n) is 9.34. The molecule has 178 valence electrons. The Morgan fingerprint density at radius 1 is 0.649 bits per heavy atom. The number of nitrogens with zero attached hydrogens (tertiary/aromatic N) is 1. The Labute approximate surface area is 225 Å². The molecule has 2 aromatic heterocycles. The van der Waals surface area contributed by atoms with E-state index in [0.29, 0.717) is 5.25 Å². The zero-order valence-corrected chi connectivity index (χ0v) is 21.7. The van der Waals surface area contributed by atoms with Crippen LogP contribution in [-0.4, -0.2) is 0 Å². The third-order valence-corrected chi connectivity index (χ3v) is 10.1. The van der Waals surface area contributed by atoms with Crippen LogP contribution in [0.3, 0.4) is 0 Å². The highest BCUT2D eigenvalue weighted by Crippen LogP contribution is 2.68. The Morgan fingerprint density at radius 3 is 1.54 bits per heavy atom. The van der Waals surface area contributed by atoms with Gasteiger partial charge in [-0.15, -0.1) is 34.4 Å². The third kappa shape index (κ3) is 2.90. The minimum atomic E-state index is 0.363. The quantitative estimate of drug-likeness (QED) is 0.225. The molecule has 4 aliphatic rings. The van der Waals surface area contributed by atoms with Crippen LogP contribution in [0.4, 0.5) is 17.1 Å². The second kappa shape index (κ2) is 7.44. The van der Waals surface area contributed by atoms with Crippen LogP contribution in [0.2, 0.25) is 0 Å². The van der Waals surface area contributed by atoms with Crippen molar-refractivity contribution in [2.75, 3.05) is 4.90 Å². The van der Waals surface area contributed by atoms with E-state index in [1.54, 1.807) is 22.7 Å². The number of allylic oxidation sites excluding steroid dienone is 1. The number of anilines is 3. The van der Waals surface area contributed by atoms with Gasteiger partial charge in [0.1, 0.15) is 17.1 Å². The highest BCUT2D eigenvalue weighted by atomic mass is 32.2. The summed E-state index contributed by atoms with van der Waals surface area (Å²) in [5, 5.41) is 6.74. The van der Waals surface area contributed by atoms with Crippen molar-refractivity contribution >= 4 is 51.5 Å². The van der Waals surface area contributed by atoms with E-state index in [-0.39, 0.29) is 0 Å². The average Bonchev–Trinajstić information content (AvgIpc) is 3.71. The summed E-state index contributed by atoms with van der Waals surface area (Å²) < 4.78 is 19.9. The topological polar surface area (TPSA) is 30.9 Å². The summed E-state index contributed by atoms with van der Waals surface area (Å²) in [5.74, 6) is 4.83. The van der Waals surface area contributed by atoms with Gasteiger partial charge in [-0.25, -0.2) is 0 Å². The molecule has 0 saturated heterocycles. The Morgan fingerprint density at radius 2 is 1.14 bits per heavy atom. The molecule has 7 heteroatoms. The molecule has 1 atom stereocenters. The molecule has 0 fully saturated rings. The fourth-order valence-electron chi connectivity index (χ4n) is 5.54. The fraction of sp³-hybridized carbons (Fsp3) is 0.0667. The SMILES string of the molecule is C1=CSC(c2cc3c4c(c2)Oc2cc(-c5cccs5)cc5c2N4c2c(cc(-c4cccs4)cc2O3)O5)C1. The summed E-state index contributed by atoms with van der Waals surface area (Å²) in [6.07, 6.45) is 3.24. The molecule has 0 radical (unpaired) electrons. The van der Waals surface area contributed by atoms with Crippen molar-refractivity contribution in [3.63, 3.8) is 0 Å². The predicted octanol–water partition coefficient (Wildman–Crippen LogP) is 10.6. The number of rotatable bonds is 3. The van der Waals surface area contributed by atoms with Crippen molar-refractivity contribution in [1.82, 2.24) is 0 Å². The van der Waals surface area contributed by atoms with Crippen LogP contribution in [0, 0.1) is 0 Å². The molecule has 0 aliphatic carbocycles. The largest absolute Gasteiger partial charge is 0.453 e. The molecule has 6 heterocycles. The first-order valence-corrected chi connectivity index (χ1v) is 14.8. The minimum absolute atomic E-state index is 0.363. The van der Waals surface area contributed by atoms with E-state index in [1.807, 2.05) is 11.8 Å². The van der Waals surface area contributed by atoms with Gasteiger partial charge in [0.2, 0.25) is 0 Å². The molecule has 0 spiro atoms. The lowest BCUT2D eigenvalue weighted by Gasteiger charge is -2.42. The van der Waals surface area contributed by atoms with Crippen LogP contribution >= 0.6 is 34.4 Å². The first-order chi connectivity index (χ1) is 18.3. The van der Waals surface area contributed by atoms with Crippen molar-refractivity contribution in [2.24, 2.45) is 0 Å². The molecule has 37 heavy (non-hydrogen) atoms.